The Hall–Kier alpha value is -3.79. The maximum Gasteiger partial charge on any atom is 0.267 e. The van der Waals surface area contributed by atoms with E-state index in [4.69, 9.17) is 9.47 Å². The Morgan fingerprint density at radius 1 is 1.20 bits per heavy atom. The Kier molecular flexibility index (Phi) is 4.60. The van der Waals surface area contributed by atoms with Crippen LogP contribution < -0.4 is 15.6 Å². The van der Waals surface area contributed by atoms with E-state index in [0.29, 0.717) is 35.9 Å². The summed E-state index contributed by atoms with van der Waals surface area (Å²) in [6.07, 6.45) is 3.01. The molecule has 0 amide bonds. The van der Waals surface area contributed by atoms with Crippen LogP contribution in [0.2, 0.25) is 0 Å². The van der Waals surface area contributed by atoms with E-state index in [1.54, 1.807) is 19.5 Å². The quantitative estimate of drug-likeness (QED) is 0.514. The number of imidazole rings is 1. The van der Waals surface area contributed by atoms with Crippen molar-refractivity contribution >= 4 is 17.0 Å². The van der Waals surface area contributed by atoms with E-state index in [2.05, 4.69) is 30.4 Å². The van der Waals surface area contributed by atoms with Gasteiger partial charge in [0.25, 0.3) is 5.56 Å². The lowest BCUT2D eigenvalue weighted by Crippen LogP contribution is -2.37. The summed E-state index contributed by atoms with van der Waals surface area (Å²) in [6.45, 7) is 0.783. The maximum atomic E-state index is 12.6. The van der Waals surface area contributed by atoms with Crippen molar-refractivity contribution in [1.82, 2.24) is 29.7 Å². The number of aromatic amines is 1. The molecule has 1 aromatic carbocycles. The Bertz CT molecular complexity index is 1250. The van der Waals surface area contributed by atoms with Crippen LogP contribution in [0.25, 0.3) is 22.4 Å². The highest BCUT2D eigenvalue weighted by Gasteiger charge is 2.32. The topological polar surface area (TPSA) is 120 Å². The van der Waals surface area contributed by atoms with Gasteiger partial charge in [-0.05, 0) is 18.2 Å². The lowest BCUT2D eigenvalue weighted by atomic mass is 10.1. The van der Waals surface area contributed by atoms with Crippen molar-refractivity contribution < 1.29 is 9.47 Å². The fourth-order valence-corrected chi connectivity index (χ4v) is 3.57. The highest BCUT2D eigenvalue weighted by Crippen LogP contribution is 2.25. The Labute approximate surface area is 170 Å². The number of fused-ring (bicyclic) bond motifs is 1. The molecular formula is C20H19N7O3. The Morgan fingerprint density at radius 2 is 2.13 bits per heavy atom. The van der Waals surface area contributed by atoms with E-state index in [-0.39, 0.29) is 17.6 Å². The van der Waals surface area contributed by atoms with Crippen LogP contribution in [0.1, 0.15) is 6.04 Å². The molecule has 3 aromatic heterocycles. The van der Waals surface area contributed by atoms with Crippen molar-refractivity contribution in [3.63, 3.8) is 0 Å². The molecule has 0 aliphatic carbocycles. The monoisotopic (exact) mass is 405 g/mol. The molecule has 152 valence electrons. The molecule has 0 saturated carbocycles. The maximum absolute atomic E-state index is 12.6. The molecule has 2 N–H and O–H groups in total. The van der Waals surface area contributed by atoms with Gasteiger partial charge >= 0.3 is 0 Å². The smallest absolute Gasteiger partial charge is 0.267 e. The lowest BCUT2D eigenvalue weighted by Gasteiger charge is -2.21. The van der Waals surface area contributed by atoms with Crippen LogP contribution in [0.3, 0.4) is 0 Å². The number of hydrogen-bond acceptors (Lipinski definition) is 8. The number of methoxy groups -OCH3 is 1. The molecule has 1 aliphatic rings. The highest BCUT2D eigenvalue weighted by molar-refractivity contribution is 5.82. The lowest BCUT2D eigenvalue weighted by molar-refractivity contribution is 0.183. The predicted molar refractivity (Wildman–Crippen MR) is 109 cm³/mol. The van der Waals surface area contributed by atoms with E-state index in [0.717, 1.165) is 11.3 Å². The van der Waals surface area contributed by atoms with Gasteiger partial charge in [-0.1, -0.05) is 12.1 Å². The fourth-order valence-electron chi connectivity index (χ4n) is 3.57. The third-order valence-corrected chi connectivity index (χ3v) is 5.10. The van der Waals surface area contributed by atoms with E-state index in [1.165, 1.54) is 17.1 Å². The van der Waals surface area contributed by atoms with Gasteiger partial charge in [0.2, 0.25) is 0 Å². The molecule has 0 bridgehead atoms. The molecule has 4 aromatic rings. The standard InChI is InChI=1S/C20H19N7O3/c1-29-13-4-2-3-12(7-13)14-5-6-17(28)27(26-14)16-9-30-8-15(16)25-20-18-19(22-10-21-18)23-11-24-20/h2-7,10-11,15-16H,8-9H2,1H3,(H2,21,22,23,24,25). The number of H-pyrrole nitrogens is 1. The van der Waals surface area contributed by atoms with E-state index in [9.17, 15) is 4.79 Å². The van der Waals surface area contributed by atoms with Crippen LogP contribution in [0.4, 0.5) is 5.82 Å². The minimum absolute atomic E-state index is 0.196. The molecule has 0 spiro atoms. The zero-order valence-electron chi connectivity index (χ0n) is 16.1. The normalized spacial score (nSPS) is 18.6. The number of aromatic nitrogens is 6. The van der Waals surface area contributed by atoms with Gasteiger partial charge < -0.3 is 19.8 Å². The molecular weight excluding hydrogens is 386 g/mol. The van der Waals surface area contributed by atoms with Crippen molar-refractivity contribution in [1.29, 1.82) is 0 Å². The largest absolute Gasteiger partial charge is 0.497 e. The molecule has 1 saturated heterocycles. The number of anilines is 1. The minimum atomic E-state index is -0.295. The van der Waals surface area contributed by atoms with Gasteiger partial charge in [0.15, 0.2) is 11.5 Å². The zero-order chi connectivity index (χ0) is 20.5. The van der Waals surface area contributed by atoms with Gasteiger partial charge in [0.1, 0.15) is 23.6 Å². The van der Waals surface area contributed by atoms with Crippen LogP contribution in [0, 0.1) is 0 Å². The van der Waals surface area contributed by atoms with Gasteiger partial charge in [0.05, 0.1) is 38.4 Å². The summed E-state index contributed by atoms with van der Waals surface area (Å²) in [4.78, 5) is 28.2. The molecule has 2 unspecified atom stereocenters. The SMILES string of the molecule is COc1cccc(-c2ccc(=O)n(C3COCC3Nc3ncnc4nc[nH]c34)n2)c1. The Balaban J connectivity index is 1.48. The number of nitrogens with one attached hydrogen (secondary N) is 2. The first-order chi connectivity index (χ1) is 14.7. The molecule has 5 rings (SSSR count). The van der Waals surface area contributed by atoms with E-state index < -0.39 is 0 Å². The van der Waals surface area contributed by atoms with Gasteiger partial charge in [-0.25, -0.2) is 19.6 Å². The fraction of sp³-hybridized carbons (Fsp3) is 0.250. The summed E-state index contributed by atoms with van der Waals surface area (Å²) in [5.74, 6) is 1.33. The second kappa shape index (κ2) is 7.56. The first kappa shape index (κ1) is 18.3. The van der Waals surface area contributed by atoms with Crippen molar-refractivity contribution in [2.45, 2.75) is 12.1 Å². The van der Waals surface area contributed by atoms with Crippen molar-refractivity contribution in [2.75, 3.05) is 25.6 Å². The average molecular weight is 405 g/mol. The van der Waals surface area contributed by atoms with Gasteiger partial charge in [-0.3, -0.25) is 4.79 Å². The summed E-state index contributed by atoms with van der Waals surface area (Å²) in [5.41, 5.74) is 2.61. The minimum Gasteiger partial charge on any atom is -0.497 e. The molecule has 30 heavy (non-hydrogen) atoms. The number of rotatable bonds is 5. The van der Waals surface area contributed by atoms with Crippen LogP contribution in [0.15, 0.2) is 53.8 Å². The molecule has 2 atom stereocenters. The predicted octanol–water partition coefficient (Wildman–Crippen LogP) is 1.64. The Morgan fingerprint density at radius 3 is 3.03 bits per heavy atom. The van der Waals surface area contributed by atoms with Crippen molar-refractivity contribution in [3.05, 3.63) is 59.4 Å². The van der Waals surface area contributed by atoms with Gasteiger partial charge in [0, 0.05) is 11.6 Å². The van der Waals surface area contributed by atoms with Crippen LogP contribution >= 0.6 is 0 Å². The molecule has 4 heterocycles. The summed E-state index contributed by atoms with van der Waals surface area (Å²) in [7, 11) is 1.61. The second-order valence-electron chi connectivity index (χ2n) is 6.91. The van der Waals surface area contributed by atoms with Gasteiger partial charge in [-0.2, -0.15) is 5.10 Å². The first-order valence-electron chi connectivity index (χ1n) is 9.45. The number of hydrogen-bond donors (Lipinski definition) is 2. The first-order valence-corrected chi connectivity index (χ1v) is 9.45. The molecule has 1 aliphatic heterocycles. The molecule has 0 radical (unpaired) electrons. The van der Waals surface area contributed by atoms with E-state index in [1.807, 2.05) is 24.3 Å². The summed E-state index contributed by atoms with van der Waals surface area (Å²) in [6, 6.07) is 10.3. The summed E-state index contributed by atoms with van der Waals surface area (Å²) in [5, 5.41) is 7.98. The summed E-state index contributed by atoms with van der Waals surface area (Å²) < 4.78 is 12.4. The van der Waals surface area contributed by atoms with Crippen LogP contribution in [-0.2, 0) is 4.74 Å². The number of benzene rings is 1. The van der Waals surface area contributed by atoms with Crippen LogP contribution in [0.5, 0.6) is 5.75 Å². The van der Waals surface area contributed by atoms with Crippen molar-refractivity contribution in [2.24, 2.45) is 0 Å². The van der Waals surface area contributed by atoms with E-state index >= 15 is 0 Å². The van der Waals surface area contributed by atoms with Crippen LogP contribution in [-0.4, -0.2) is 56.1 Å². The average Bonchev–Trinajstić information content (AvgIpc) is 3.44. The molecule has 10 nitrogen and oxygen atoms in total. The molecule has 1 fully saturated rings. The second-order valence-corrected chi connectivity index (χ2v) is 6.91. The zero-order valence-corrected chi connectivity index (χ0v) is 16.1. The molecule has 10 heteroatoms. The van der Waals surface area contributed by atoms with Gasteiger partial charge in [-0.15, -0.1) is 0 Å². The highest BCUT2D eigenvalue weighted by atomic mass is 16.5. The number of ether oxygens (including phenoxy) is 2. The van der Waals surface area contributed by atoms with Crippen molar-refractivity contribution in [3.8, 4) is 17.0 Å². The third kappa shape index (κ3) is 3.26. The third-order valence-electron chi connectivity index (χ3n) is 5.10. The number of nitrogens with zero attached hydrogens (tertiary/aromatic N) is 5. The summed E-state index contributed by atoms with van der Waals surface area (Å²) >= 11 is 0.